The van der Waals surface area contributed by atoms with Crippen LogP contribution in [0.2, 0.25) is 5.02 Å². The lowest BCUT2D eigenvalue weighted by molar-refractivity contribution is 0.874. The fourth-order valence-electron chi connectivity index (χ4n) is 3.07. The quantitative estimate of drug-likeness (QED) is 0.432. The molecule has 0 atom stereocenters. The Balaban J connectivity index is 1.49. The standard InChI is InChI=1S/C21H21ClN6O/c1-2-15-5-3-4-6-18(15)23-13-17-11-19(29)28-21(25-17)26-20(27-28)24-12-14-7-9-16(22)10-8-14/h3-11,23H,2,12-13H2,1H3,(H2,24,25,26,27). The van der Waals surface area contributed by atoms with Gasteiger partial charge in [0.25, 0.3) is 11.3 Å². The number of anilines is 2. The normalized spacial score (nSPS) is 11.0. The number of para-hydroxylation sites is 1. The molecule has 3 N–H and O–H groups in total. The van der Waals surface area contributed by atoms with Crippen LogP contribution in [-0.4, -0.2) is 19.6 Å². The lowest BCUT2D eigenvalue weighted by Crippen LogP contribution is -2.17. The lowest BCUT2D eigenvalue weighted by atomic mass is 10.1. The minimum Gasteiger partial charge on any atom is -0.379 e. The Labute approximate surface area is 172 Å². The highest BCUT2D eigenvalue weighted by Gasteiger charge is 2.09. The van der Waals surface area contributed by atoms with Crippen LogP contribution in [0.15, 0.2) is 59.4 Å². The maximum Gasteiger partial charge on any atom is 0.274 e. The van der Waals surface area contributed by atoms with Crippen molar-refractivity contribution < 1.29 is 0 Å². The maximum absolute atomic E-state index is 12.4. The van der Waals surface area contributed by atoms with E-state index in [0.717, 1.165) is 17.7 Å². The van der Waals surface area contributed by atoms with Crippen LogP contribution in [0, 0.1) is 0 Å². The number of aromatic nitrogens is 4. The van der Waals surface area contributed by atoms with Crippen LogP contribution in [0.1, 0.15) is 23.7 Å². The Morgan fingerprint density at radius 2 is 1.83 bits per heavy atom. The summed E-state index contributed by atoms with van der Waals surface area (Å²) in [5.41, 5.74) is 3.75. The average Bonchev–Trinajstić information content (AvgIpc) is 3.16. The molecule has 0 spiro atoms. The molecule has 8 heteroatoms. The van der Waals surface area contributed by atoms with Gasteiger partial charge in [-0.1, -0.05) is 48.9 Å². The van der Waals surface area contributed by atoms with Crippen molar-refractivity contribution in [2.45, 2.75) is 26.4 Å². The van der Waals surface area contributed by atoms with E-state index in [4.69, 9.17) is 11.6 Å². The number of aryl methyl sites for hydroxylation is 1. The highest BCUT2D eigenvalue weighted by Crippen LogP contribution is 2.16. The van der Waals surface area contributed by atoms with Crippen LogP contribution in [-0.2, 0) is 19.5 Å². The highest BCUT2D eigenvalue weighted by atomic mass is 35.5. The van der Waals surface area contributed by atoms with E-state index in [1.54, 1.807) is 0 Å². The van der Waals surface area contributed by atoms with Crippen molar-refractivity contribution in [3.8, 4) is 0 Å². The monoisotopic (exact) mass is 408 g/mol. The third kappa shape index (κ3) is 4.41. The van der Waals surface area contributed by atoms with E-state index >= 15 is 0 Å². The number of fused-ring (bicyclic) bond motifs is 1. The minimum atomic E-state index is -0.206. The Hall–Kier alpha value is -3.32. The van der Waals surface area contributed by atoms with Gasteiger partial charge in [-0.25, -0.2) is 4.98 Å². The summed E-state index contributed by atoms with van der Waals surface area (Å²) in [4.78, 5) is 21.3. The van der Waals surface area contributed by atoms with Gasteiger partial charge in [0, 0.05) is 23.3 Å². The molecule has 0 saturated heterocycles. The summed E-state index contributed by atoms with van der Waals surface area (Å²) in [6.07, 6.45) is 0.931. The number of nitrogens with zero attached hydrogens (tertiary/aromatic N) is 3. The summed E-state index contributed by atoms with van der Waals surface area (Å²) in [5.74, 6) is 0.808. The average molecular weight is 409 g/mol. The van der Waals surface area contributed by atoms with Gasteiger partial charge in [0.05, 0.1) is 12.2 Å². The number of benzene rings is 2. The van der Waals surface area contributed by atoms with Crippen LogP contribution in [0.3, 0.4) is 0 Å². The molecule has 0 saturated carbocycles. The maximum atomic E-state index is 12.4. The molecule has 0 unspecified atom stereocenters. The predicted octanol–water partition coefficient (Wildman–Crippen LogP) is 3.86. The fraction of sp³-hybridized carbons (Fsp3) is 0.190. The molecule has 2 aromatic heterocycles. The Kier molecular flexibility index (Phi) is 5.48. The number of rotatable bonds is 7. The Morgan fingerprint density at radius 1 is 1.03 bits per heavy atom. The molecule has 0 aliphatic heterocycles. The first-order valence-electron chi connectivity index (χ1n) is 9.41. The van der Waals surface area contributed by atoms with Gasteiger partial charge in [-0.05, 0) is 35.7 Å². The van der Waals surface area contributed by atoms with E-state index in [-0.39, 0.29) is 5.56 Å². The van der Waals surface area contributed by atoms with Crippen molar-refractivity contribution in [3.05, 3.63) is 86.8 Å². The first-order chi connectivity index (χ1) is 14.1. The predicted molar refractivity (Wildman–Crippen MR) is 116 cm³/mol. The summed E-state index contributed by atoms with van der Waals surface area (Å²) in [7, 11) is 0. The van der Waals surface area contributed by atoms with Crippen LogP contribution in [0.4, 0.5) is 11.6 Å². The van der Waals surface area contributed by atoms with Gasteiger partial charge in [0.15, 0.2) is 0 Å². The van der Waals surface area contributed by atoms with Gasteiger partial charge in [0.1, 0.15) is 0 Å². The van der Waals surface area contributed by atoms with Crippen LogP contribution < -0.4 is 16.2 Å². The molecule has 29 heavy (non-hydrogen) atoms. The van der Waals surface area contributed by atoms with E-state index in [0.29, 0.717) is 35.5 Å². The van der Waals surface area contributed by atoms with E-state index in [1.807, 2.05) is 42.5 Å². The molecule has 2 heterocycles. The summed E-state index contributed by atoms with van der Waals surface area (Å²) >= 11 is 5.91. The minimum absolute atomic E-state index is 0.206. The third-order valence-electron chi connectivity index (χ3n) is 4.62. The van der Waals surface area contributed by atoms with Crippen molar-refractivity contribution in [1.29, 1.82) is 0 Å². The zero-order valence-corrected chi connectivity index (χ0v) is 16.7. The second-order valence-electron chi connectivity index (χ2n) is 6.64. The molecule has 4 rings (SSSR count). The molecule has 4 aromatic rings. The summed E-state index contributed by atoms with van der Waals surface area (Å²) in [6.45, 7) is 3.11. The van der Waals surface area contributed by atoms with Crippen LogP contribution in [0.5, 0.6) is 0 Å². The molecule has 148 valence electrons. The van der Waals surface area contributed by atoms with Gasteiger partial charge in [-0.2, -0.15) is 9.50 Å². The largest absolute Gasteiger partial charge is 0.379 e. The SMILES string of the molecule is CCc1ccccc1NCc1cc(=O)n2[nH]c(NCc3ccc(Cl)cc3)nc2n1. The molecular formula is C21H21ClN6O. The first kappa shape index (κ1) is 19.0. The van der Waals surface area contributed by atoms with Crippen molar-refractivity contribution >= 4 is 29.0 Å². The van der Waals surface area contributed by atoms with Gasteiger partial charge in [0.2, 0.25) is 5.95 Å². The van der Waals surface area contributed by atoms with E-state index in [1.165, 1.54) is 16.1 Å². The van der Waals surface area contributed by atoms with Crippen LogP contribution >= 0.6 is 11.6 Å². The number of H-pyrrole nitrogens is 1. The molecule has 2 aromatic carbocycles. The number of hydrogen-bond donors (Lipinski definition) is 3. The molecule has 0 bridgehead atoms. The molecule has 0 fully saturated rings. The van der Waals surface area contributed by atoms with Gasteiger partial charge in [-0.15, -0.1) is 0 Å². The molecule has 0 amide bonds. The fourth-order valence-corrected chi connectivity index (χ4v) is 3.20. The second kappa shape index (κ2) is 8.36. The van der Waals surface area contributed by atoms with E-state index in [2.05, 4.69) is 38.7 Å². The number of aromatic amines is 1. The zero-order chi connectivity index (χ0) is 20.2. The number of hydrogen-bond acceptors (Lipinski definition) is 5. The molecule has 7 nitrogen and oxygen atoms in total. The molecule has 0 radical (unpaired) electrons. The summed E-state index contributed by atoms with van der Waals surface area (Å²) < 4.78 is 1.33. The summed E-state index contributed by atoms with van der Waals surface area (Å²) in [6, 6.07) is 17.1. The van der Waals surface area contributed by atoms with Gasteiger partial charge in [-0.3, -0.25) is 9.89 Å². The zero-order valence-electron chi connectivity index (χ0n) is 15.9. The highest BCUT2D eigenvalue weighted by molar-refractivity contribution is 6.30. The van der Waals surface area contributed by atoms with Crippen molar-refractivity contribution in [3.63, 3.8) is 0 Å². The van der Waals surface area contributed by atoms with Crippen molar-refractivity contribution in [2.75, 3.05) is 10.6 Å². The van der Waals surface area contributed by atoms with Gasteiger partial charge < -0.3 is 10.6 Å². The number of nitrogens with one attached hydrogen (secondary N) is 3. The topological polar surface area (TPSA) is 87.1 Å². The molecule has 0 aliphatic rings. The second-order valence-corrected chi connectivity index (χ2v) is 7.07. The third-order valence-corrected chi connectivity index (χ3v) is 4.87. The summed E-state index contributed by atoms with van der Waals surface area (Å²) in [5, 5.41) is 10.1. The van der Waals surface area contributed by atoms with Crippen molar-refractivity contribution in [2.24, 2.45) is 0 Å². The lowest BCUT2D eigenvalue weighted by Gasteiger charge is -2.10. The van der Waals surface area contributed by atoms with Crippen molar-refractivity contribution in [1.82, 2.24) is 19.6 Å². The molecule has 0 aliphatic carbocycles. The molecular weight excluding hydrogens is 388 g/mol. The first-order valence-corrected chi connectivity index (χ1v) is 9.79. The smallest absolute Gasteiger partial charge is 0.274 e. The Morgan fingerprint density at radius 3 is 2.62 bits per heavy atom. The Bertz CT molecular complexity index is 1180. The van der Waals surface area contributed by atoms with Crippen LogP contribution in [0.25, 0.3) is 5.78 Å². The number of halogens is 1. The van der Waals surface area contributed by atoms with Gasteiger partial charge >= 0.3 is 0 Å². The van der Waals surface area contributed by atoms with E-state index < -0.39 is 0 Å². The van der Waals surface area contributed by atoms with E-state index in [9.17, 15) is 4.79 Å².